The van der Waals surface area contributed by atoms with Gasteiger partial charge in [-0.05, 0) is 29.2 Å². The highest BCUT2D eigenvalue weighted by Crippen LogP contribution is 2.16. The second kappa shape index (κ2) is 5.51. The number of fused-ring (bicyclic) bond motifs is 1. The number of benzene rings is 2. The van der Waals surface area contributed by atoms with Gasteiger partial charge >= 0.3 is 0 Å². The van der Waals surface area contributed by atoms with E-state index in [1.165, 1.54) is 16.3 Å². The Morgan fingerprint density at radius 1 is 1.11 bits per heavy atom. The first-order chi connectivity index (χ1) is 8.92. The van der Waals surface area contributed by atoms with Crippen molar-refractivity contribution >= 4 is 10.8 Å². The molecule has 1 heterocycles. The molecule has 1 unspecified atom stereocenters. The summed E-state index contributed by atoms with van der Waals surface area (Å²) in [6.45, 7) is 2.47. The highest BCUT2D eigenvalue weighted by atomic mass is 16.6. The molecule has 1 saturated heterocycles. The molecule has 0 aliphatic carbocycles. The van der Waals surface area contributed by atoms with Gasteiger partial charge in [0.15, 0.2) is 0 Å². The third-order valence-electron chi connectivity index (χ3n) is 3.27. The standard InChI is InChI=1S/C16H18O2/c1-2-6-15-10-13(7-8-14(15)5-1)4-3-9-17-11-16-12-18-16/h1-2,5-8,10,16H,3-4,9,11-12H2. The number of hydrogen-bond acceptors (Lipinski definition) is 2. The minimum Gasteiger partial charge on any atom is -0.379 e. The molecular weight excluding hydrogens is 224 g/mol. The predicted molar refractivity (Wildman–Crippen MR) is 72.8 cm³/mol. The normalized spacial score (nSPS) is 18.1. The Hall–Kier alpha value is -1.38. The maximum atomic E-state index is 5.54. The summed E-state index contributed by atoms with van der Waals surface area (Å²) >= 11 is 0. The van der Waals surface area contributed by atoms with Gasteiger partial charge < -0.3 is 9.47 Å². The van der Waals surface area contributed by atoms with Gasteiger partial charge in [0.25, 0.3) is 0 Å². The van der Waals surface area contributed by atoms with Crippen molar-refractivity contribution in [1.29, 1.82) is 0 Å². The monoisotopic (exact) mass is 242 g/mol. The van der Waals surface area contributed by atoms with Gasteiger partial charge in [-0.3, -0.25) is 0 Å². The van der Waals surface area contributed by atoms with Crippen LogP contribution < -0.4 is 0 Å². The molecule has 0 amide bonds. The lowest BCUT2D eigenvalue weighted by Gasteiger charge is -2.04. The molecule has 0 N–H and O–H groups in total. The van der Waals surface area contributed by atoms with E-state index >= 15 is 0 Å². The van der Waals surface area contributed by atoms with Crippen LogP contribution in [0.5, 0.6) is 0 Å². The maximum absolute atomic E-state index is 5.54. The van der Waals surface area contributed by atoms with Crippen LogP contribution in [0.15, 0.2) is 42.5 Å². The fourth-order valence-electron chi connectivity index (χ4n) is 2.15. The Morgan fingerprint density at radius 3 is 2.78 bits per heavy atom. The fraction of sp³-hybridized carbons (Fsp3) is 0.375. The Balaban J connectivity index is 1.50. The molecule has 1 fully saturated rings. The Kier molecular flexibility index (Phi) is 3.58. The smallest absolute Gasteiger partial charge is 0.104 e. The molecule has 0 saturated carbocycles. The summed E-state index contributed by atoms with van der Waals surface area (Å²) in [6, 6.07) is 15.2. The van der Waals surface area contributed by atoms with Crippen molar-refractivity contribution < 1.29 is 9.47 Å². The first kappa shape index (κ1) is 11.7. The van der Waals surface area contributed by atoms with Crippen molar-refractivity contribution in [2.45, 2.75) is 18.9 Å². The zero-order valence-electron chi connectivity index (χ0n) is 10.5. The van der Waals surface area contributed by atoms with Gasteiger partial charge in [0, 0.05) is 6.61 Å². The van der Waals surface area contributed by atoms with E-state index in [2.05, 4.69) is 42.5 Å². The fourth-order valence-corrected chi connectivity index (χ4v) is 2.15. The Morgan fingerprint density at radius 2 is 1.94 bits per heavy atom. The van der Waals surface area contributed by atoms with E-state index in [4.69, 9.17) is 9.47 Å². The van der Waals surface area contributed by atoms with E-state index in [0.717, 1.165) is 32.7 Å². The van der Waals surface area contributed by atoms with Crippen LogP contribution in [0.3, 0.4) is 0 Å². The van der Waals surface area contributed by atoms with Crippen molar-refractivity contribution in [3.05, 3.63) is 48.0 Å². The Labute approximate surface area is 108 Å². The summed E-state index contributed by atoms with van der Waals surface area (Å²) in [4.78, 5) is 0. The molecule has 2 nitrogen and oxygen atoms in total. The molecule has 2 aromatic carbocycles. The lowest BCUT2D eigenvalue weighted by molar-refractivity contribution is 0.114. The van der Waals surface area contributed by atoms with Crippen LogP contribution in [0.25, 0.3) is 10.8 Å². The van der Waals surface area contributed by atoms with Gasteiger partial charge in [-0.25, -0.2) is 0 Å². The van der Waals surface area contributed by atoms with Crippen molar-refractivity contribution in [1.82, 2.24) is 0 Å². The van der Waals surface area contributed by atoms with Crippen LogP contribution >= 0.6 is 0 Å². The summed E-state index contributed by atoms with van der Waals surface area (Å²) in [7, 11) is 0. The van der Waals surface area contributed by atoms with Gasteiger partial charge in [-0.15, -0.1) is 0 Å². The van der Waals surface area contributed by atoms with Gasteiger partial charge in [0.05, 0.1) is 13.2 Å². The first-order valence-corrected chi connectivity index (χ1v) is 6.59. The second-order valence-corrected chi connectivity index (χ2v) is 4.82. The molecule has 2 heteroatoms. The second-order valence-electron chi connectivity index (χ2n) is 4.82. The summed E-state index contributed by atoms with van der Waals surface area (Å²) in [5, 5.41) is 2.63. The lowest BCUT2D eigenvalue weighted by Crippen LogP contribution is -2.03. The van der Waals surface area contributed by atoms with E-state index in [1.807, 2.05) is 0 Å². The van der Waals surface area contributed by atoms with E-state index in [1.54, 1.807) is 0 Å². The molecule has 0 spiro atoms. The number of epoxide rings is 1. The van der Waals surface area contributed by atoms with Crippen LogP contribution in [-0.2, 0) is 15.9 Å². The van der Waals surface area contributed by atoms with Crippen molar-refractivity contribution in [3.63, 3.8) is 0 Å². The van der Waals surface area contributed by atoms with Crippen molar-refractivity contribution in [2.75, 3.05) is 19.8 Å². The molecular formula is C16H18O2. The average Bonchev–Trinajstić information content (AvgIpc) is 3.22. The van der Waals surface area contributed by atoms with Crippen molar-refractivity contribution in [3.8, 4) is 0 Å². The van der Waals surface area contributed by atoms with E-state index in [0.29, 0.717) is 6.10 Å². The molecule has 1 aliphatic heterocycles. The Bertz CT molecular complexity index is 517. The molecule has 3 rings (SSSR count). The SMILES string of the molecule is c1ccc2cc(CCCOCC3CO3)ccc2c1. The average molecular weight is 242 g/mol. The van der Waals surface area contributed by atoms with Crippen LogP contribution in [0.4, 0.5) is 0 Å². The van der Waals surface area contributed by atoms with Gasteiger partial charge in [-0.1, -0.05) is 42.5 Å². The zero-order valence-corrected chi connectivity index (χ0v) is 10.5. The lowest BCUT2D eigenvalue weighted by atomic mass is 10.0. The minimum atomic E-state index is 0.380. The topological polar surface area (TPSA) is 21.8 Å². The van der Waals surface area contributed by atoms with E-state index < -0.39 is 0 Å². The number of hydrogen-bond donors (Lipinski definition) is 0. The largest absolute Gasteiger partial charge is 0.379 e. The van der Waals surface area contributed by atoms with Crippen LogP contribution in [0, 0.1) is 0 Å². The highest BCUT2D eigenvalue weighted by molar-refractivity contribution is 5.82. The van der Waals surface area contributed by atoms with Gasteiger partial charge in [0.2, 0.25) is 0 Å². The molecule has 1 atom stereocenters. The highest BCUT2D eigenvalue weighted by Gasteiger charge is 2.21. The zero-order chi connectivity index (χ0) is 12.2. The number of ether oxygens (including phenoxy) is 2. The van der Waals surface area contributed by atoms with E-state index in [9.17, 15) is 0 Å². The molecule has 0 radical (unpaired) electrons. The summed E-state index contributed by atoms with van der Waals surface area (Å²) in [5.74, 6) is 0. The molecule has 94 valence electrons. The quantitative estimate of drug-likeness (QED) is 0.573. The van der Waals surface area contributed by atoms with Gasteiger partial charge in [0.1, 0.15) is 6.10 Å². The molecule has 2 aromatic rings. The first-order valence-electron chi connectivity index (χ1n) is 6.59. The predicted octanol–water partition coefficient (Wildman–Crippen LogP) is 3.19. The third kappa shape index (κ3) is 3.09. The van der Waals surface area contributed by atoms with Gasteiger partial charge in [-0.2, -0.15) is 0 Å². The van der Waals surface area contributed by atoms with Crippen LogP contribution in [-0.4, -0.2) is 25.9 Å². The van der Waals surface area contributed by atoms with Crippen LogP contribution in [0.1, 0.15) is 12.0 Å². The third-order valence-corrected chi connectivity index (χ3v) is 3.27. The number of aryl methyl sites for hydroxylation is 1. The summed E-state index contributed by atoms with van der Waals surface area (Å²) < 4.78 is 10.6. The van der Waals surface area contributed by atoms with E-state index in [-0.39, 0.29) is 0 Å². The summed E-state index contributed by atoms with van der Waals surface area (Å²) in [5.41, 5.74) is 1.39. The molecule has 18 heavy (non-hydrogen) atoms. The minimum absolute atomic E-state index is 0.380. The molecule has 1 aliphatic rings. The number of rotatable bonds is 6. The van der Waals surface area contributed by atoms with Crippen molar-refractivity contribution in [2.24, 2.45) is 0 Å². The van der Waals surface area contributed by atoms with Crippen LogP contribution in [0.2, 0.25) is 0 Å². The summed E-state index contributed by atoms with van der Waals surface area (Å²) in [6.07, 6.45) is 2.53. The maximum Gasteiger partial charge on any atom is 0.104 e. The molecule has 0 aromatic heterocycles. The molecule has 0 bridgehead atoms.